The van der Waals surface area contributed by atoms with E-state index in [2.05, 4.69) is 22.2 Å². The Kier molecular flexibility index (Phi) is 5.69. The highest BCUT2D eigenvalue weighted by molar-refractivity contribution is 5.30. The Morgan fingerprint density at radius 3 is 2.88 bits per heavy atom. The standard InChI is InChI=1S/C12H22N4O/c1-4-17-11-7-10(3)15-12(16-11)14-8-9(2)5-6-13/h7,9H,4-6,8,13H2,1-3H3,(H,14,15,16). The molecule has 0 aromatic carbocycles. The number of nitrogens with zero attached hydrogens (tertiary/aromatic N) is 2. The van der Waals surface area contributed by atoms with Crippen molar-refractivity contribution >= 4 is 5.95 Å². The summed E-state index contributed by atoms with van der Waals surface area (Å²) in [4.78, 5) is 8.59. The van der Waals surface area contributed by atoms with Crippen LogP contribution in [-0.2, 0) is 0 Å². The first-order chi connectivity index (χ1) is 8.15. The third kappa shape index (κ3) is 4.99. The number of anilines is 1. The molecule has 1 atom stereocenters. The molecule has 5 heteroatoms. The summed E-state index contributed by atoms with van der Waals surface area (Å²) in [6.07, 6.45) is 0.997. The van der Waals surface area contributed by atoms with Crippen LogP contribution in [0.1, 0.15) is 26.0 Å². The van der Waals surface area contributed by atoms with Crippen molar-refractivity contribution in [2.75, 3.05) is 25.0 Å². The zero-order chi connectivity index (χ0) is 12.7. The molecule has 3 N–H and O–H groups in total. The normalized spacial score (nSPS) is 12.2. The van der Waals surface area contributed by atoms with Gasteiger partial charge < -0.3 is 15.8 Å². The lowest BCUT2D eigenvalue weighted by Gasteiger charge is -2.12. The summed E-state index contributed by atoms with van der Waals surface area (Å²) in [5, 5.41) is 3.21. The third-order valence-corrected chi connectivity index (χ3v) is 2.39. The summed E-state index contributed by atoms with van der Waals surface area (Å²) in [6.45, 7) is 8.17. The Morgan fingerprint density at radius 1 is 1.47 bits per heavy atom. The minimum absolute atomic E-state index is 0.514. The maximum Gasteiger partial charge on any atom is 0.226 e. The highest BCUT2D eigenvalue weighted by Crippen LogP contribution is 2.12. The SMILES string of the molecule is CCOc1cc(C)nc(NCC(C)CCN)n1. The number of ether oxygens (including phenoxy) is 1. The molecule has 96 valence electrons. The van der Waals surface area contributed by atoms with Crippen molar-refractivity contribution in [1.82, 2.24) is 9.97 Å². The molecule has 0 aliphatic heterocycles. The summed E-state index contributed by atoms with van der Waals surface area (Å²) >= 11 is 0. The highest BCUT2D eigenvalue weighted by atomic mass is 16.5. The van der Waals surface area contributed by atoms with Crippen molar-refractivity contribution < 1.29 is 4.74 Å². The van der Waals surface area contributed by atoms with E-state index < -0.39 is 0 Å². The summed E-state index contributed by atoms with van der Waals surface area (Å²) in [5.41, 5.74) is 6.41. The molecular weight excluding hydrogens is 216 g/mol. The maximum absolute atomic E-state index is 5.51. The second kappa shape index (κ2) is 7.06. The van der Waals surface area contributed by atoms with Crippen LogP contribution in [0.2, 0.25) is 0 Å². The van der Waals surface area contributed by atoms with E-state index in [1.165, 1.54) is 0 Å². The molecule has 0 fully saturated rings. The van der Waals surface area contributed by atoms with Crippen LogP contribution >= 0.6 is 0 Å². The molecule has 0 saturated heterocycles. The predicted molar refractivity (Wildman–Crippen MR) is 69.3 cm³/mol. The van der Waals surface area contributed by atoms with Crippen LogP contribution in [0.15, 0.2) is 6.07 Å². The number of hydrogen-bond acceptors (Lipinski definition) is 5. The van der Waals surface area contributed by atoms with Crippen molar-refractivity contribution in [1.29, 1.82) is 0 Å². The second-order valence-corrected chi connectivity index (χ2v) is 4.17. The number of nitrogens with two attached hydrogens (primary N) is 1. The van der Waals surface area contributed by atoms with Crippen LogP contribution in [0.3, 0.4) is 0 Å². The van der Waals surface area contributed by atoms with Crippen LogP contribution in [0.4, 0.5) is 5.95 Å². The predicted octanol–water partition coefficient (Wildman–Crippen LogP) is 1.58. The summed E-state index contributed by atoms with van der Waals surface area (Å²) in [7, 11) is 0. The van der Waals surface area contributed by atoms with Gasteiger partial charge >= 0.3 is 0 Å². The van der Waals surface area contributed by atoms with Crippen molar-refractivity contribution in [2.45, 2.75) is 27.2 Å². The van der Waals surface area contributed by atoms with E-state index in [9.17, 15) is 0 Å². The first-order valence-electron chi connectivity index (χ1n) is 6.08. The molecule has 0 amide bonds. The number of aromatic nitrogens is 2. The molecule has 0 radical (unpaired) electrons. The molecule has 0 spiro atoms. The molecule has 1 rings (SSSR count). The molecule has 17 heavy (non-hydrogen) atoms. The topological polar surface area (TPSA) is 73.1 Å². The Labute approximate surface area is 103 Å². The zero-order valence-electron chi connectivity index (χ0n) is 10.9. The summed E-state index contributed by atoms with van der Waals surface area (Å²) in [5.74, 6) is 1.76. The lowest BCUT2D eigenvalue weighted by Crippen LogP contribution is -2.16. The number of aryl methyl sites for hydroxylation is 1. The van der Waals surface area contributed by atoms with E-state index in [1.807, 2.05) is 19.9 Å². The van der Waals surface area contributed by atoms with Crippen molar-refractivity contribution in [3.8, 4) is 5.88 Å². The van der Waals surface area contributed by atoms with Gasteiger partial charge in [-0.25, -0.2) is 4.98 Å². The van der Waals surface area contributed by atoms with Gasteiger partial charge in [-0.3, -0.25) is 0 Å². The van der Waals surface area contributed by atoms with Gasteiger partial charge in [-0.05, 0) is 32.7 Å². The van der Waals surface area contributed by atoms with Gasteiger partial charge in [0.1, 0.15) is 0 Å². The fourth-order valence-electron chi connectivity index (χ4n) is 1.49. The average Bonchev–Trinajstić information content (AvgIpc) is 2.26. The minimum atomic E-state index is 0.514. The molecule has 0 bridgehead atoms. The zero-order valence-corrected chi connectivity index (χ0v) is 10.9. The lowest BCUT2D eigenvalue weighted by molar-refractivity contribution is 0.326. The van der Waals surface area contributed by atoms with Crippen LogP contribution in [-0.4, -0.2) is 29.7 Å². The quantitative estimate of drug-likeness (QED) is 0.754. The van der Waals surface area contributed by atoms with Crippen molar-refractivity contribution in [3.05, 3.63) is 11.8 Å². The Hall–Kier alpha value is -1.36. The molecule has 1 unspecified atom stereocenters. The minimum Gasteiger partial charge on any atom is -0.478 e. The van der Waals surface area contributed by atoms with Crippen molar-refractivity contribution in [3.63, 3.8) is 0 Å². The Bertz CT molecular complexity index is 343. The maximum atomic E-state index is 5.51. The van der Waals surface area contributed by atoms with Gasteiger partial charge in [-0.1, -0.05) is 6.92 Å². The lowest BCUT2D eigenvalue weighted by atomic mass is 10.1. The monoisotopic (exact) mass is 238 g/mol. The van der Waals surface area contributed by atoms with E-state index in [0.717, 1.165) is 18.7 Å². The molecule has 1 aromatic heterocycles. The summed E-state index contributed by atoms with van der Waals surface area (Å²) < 4.78 is 5.37. The molecule has 0 aliphatic carbocycles. The first-order valence-corrected chi connectivity index (χ1v) is 6.08. The van der Waals surface area contributed by atoms with E-state index in [-0.39, 0.29) is 0 Å². The Balaban J connectivity index is 2.57. The van der Waals surface area contributed by atoms with E-state index >= 15 is 0 Å². The highest BCUT2D eigenvalue weighted by Gasteiger charge is 2.05. The number of nitrogens with one attached hydrogen (secondary N) is 1. The van der Waals surface area contributed by atoms with Gasteiger partial charge in [0.05, 0.1) is 6.61 Å². The average molecular weight is 238 g/mol. The van der Waals surface area contributed by atoms with Crippen LogP contribution in [0.25, 0.3) is 0 Å². The number of hydrogen-bond donors (Lipinski definition) is 2. The molecule has 0 saturated carbocycles. The molecule has 5 nitrogen and oxygen atoms in total. The van der Waals surface area contributed by atoms with Crippen LogP contribution < -0.4 is 15.8 Å². The van der Waals surface area contributed by atoms with E-state index in [4.69, 9.17) is 10.5 Å². The van der Waals surface area contributed by atoms with Crippen LogP contribution in [0, 0.1) is 12.8 Å². The largest absolute Gasteiger partial charge is 0.478 e. The summed E-state index contributed by atoms with van der Waals surface area (Å²) in [6, 6.07) is 1.83. The smallest absolute Gasteiger partial charge is 0.226 e. The first kappa shape index (κ1) is 13.7. The van der Waals surface area contributed by atoms with Gasteiger partial charge in [0.25, 0.3) is 0 Å². The van der Waals surface area contributed by atoms with E-state index in [0.29, 0.717) is 30.9 Å². The number of rotatable bonds is 7. The van der Waals surface area contributed by atoms with Gasteiger partial charge in [0.2, 0.25) is 11.8 Å². The second-order valence-electron chi connectivity index (χ2n) is 4.17. The molecule has 0 aliphatic rings. The van der Waals surface area contributed by atoms with Gasteiger partial charge in [-0.2, -0.15) is 4.98 Å². The van der Waals surface area contributed by atoms with Crippen molar-refractivity contribution in [2.24, 2.45) is 11.7 Å². The Morgan fingerprint density at radius 2 is 2.24 bits per heavy atom. The fraction of sp³-hybridized carbons (Fsp3) is 0.667. The van der Waals surface area contributed by atoms with E-state index in [1.54, 1.807) is 0 Å². The molecular formula is C12H22N4O. The fourth-order valence-corrected chi connectivity index (χ4v) is 1.49. The third-order valence-electron chi connectivity index (χ3n) is 2.39. The van der Waals surface area contributed by atoms with Gasteiger partial charge in [0, 0.05) is 18.3 Å². The molecule has 1 heterocycles. The van der Waals surface area contributed by atoms with Crippen LogP contribution in [0.5, 0.6) is 5.88 Å². The molecule has 1 aromatic rings. The van der Waals surface area contributed by atoms with Gasteiger partial charge in [-0.15, -0.1) is 0 Å². The van der Waals surface area contributed by atoms with Gasteiger partial charge in [0.15, 0.2) is 0 Å².